The second-order valence-corrected chi connectivity index (χ2v) is 4.83. The summed E-state index contributed by atoms with van der Waals surface area (Å²) >= 11 is 5.94. The molecule has 0 aliphatic carbocycles. The fourth-order valence-corrected chi connectivity index (χ4v) is 1.96. The summed E-state index contributed by atoms with van der Waals surface area (Å²) in [5.74, 6) is 0.770. The fourth-order valence-electron chi connectivity index (χ4n) is 1.68. The molecule has 0 aliphatic rings. The van der Waals surface area contributed by atoms with E-state index in [4.69, 9.17) is 17.3 Å². The largest absolute Gasteiger partial charge is 0.507 e. The lowest BCUT2D eigenvalue weighted by Gasteiger charge is -2.17. The van der Waals surface area contributed by atoms with E-state index in [1.54, 1.807) is 12.1 Å². The van der Waals surface area contributed by atoms with Crippen molar-refractivity contribution >= 4 is 24.0 Å². The van der Waals surface area contributed by atoms with Crippen LogP contribution in [0, 0.1) is 12.8 Å². The van der Waals surface area contributed by atoms with Crippen molar-refractivity contribution in [2.45, 2.75) is 33.2 Å². The molecular formula is C12H19Cl2NO. The van der Waals surface area contributed by atoms with Gasteiger partial charge in [-0.2, -0.15) is 0 Å². The molecule has 0 heterocycles. The maximum absolute atomic E-state index is 9.87. The maximum Gasteiger partial charge on any atom is 0.123 e. The van der Waals surface area contributed by atoms with Gasteiger partial charge in [0, 0.05) is 16.6 Å². The third-order valence-corrected chi connectivity index (χ3v) is 2.64. The molecule has 4 heteroatoms. The molecule has 1 aromatic carbocycles. The Balaban J connectivity index is 0.00000225. The molecule has 2 nitrogen and oxygen atoms in total. The van der Waals surface area contributed by atoms with Crippen LogP contribution in [-0.2, 0) is 0 Å². The van der Waals surface area contributed by atoms with Gasteiger partial charge in [-0.1, -0.05) is 25.4 Å². The van der Waals surface area contributed by atoms with E-state index in [1.165, 1.54) is 0 Å². The molecule has 0 unspecified atom stereocenters. The lowest BCUT2D eigenvalue weighted by Crippen LogP contribution is -2.13. The van der Waals surface area contributed by atoms with Crippen molar-refractivity contribution in [1.82, 2.24) is 0 Å². The normalized spacial score (nSPS) is 12.4. The molecule has 0 spiro atoms. The lowest BCUT2D eigenvalue weighted by atomic mass is 9.96. The van der Waals surface area contributed by atoms with E-state index >= 15 is 0 Å². The Kier molecular flexibility index (Phi) is 6.16. The summed E-state index contributed by atoms with van der Waals surface area (Å²) < 4.78 is 0. The number of hydrogen-bond acceptors (Lipinski definition) is 2. The van der Waals surface area contributed by atoms with Crippen LogP contribution in [0.2, 0.25) is 5.02 Å². The van der Waals surface area contributed by atoms with E-state index in [0.29, 0.717) is 10.9 Å². The van der Waals surface area contributed by atoms with Crippen molar-refractivity contribution in [2.75, 3.05) is 0 Å². The number of phenols is 1. The molecule has 0 saturated carbocycles. The highest BCUT2D eigenvalue weighted by Crippen LogP contribution is 2.32. The number of benzene rings is 1. The van der Waals surface area contributed by atoms with Crippen LogP contribution in [0.25, 0.3) is 0 Å². The lowest BCUT2D eigenvalue weighted by molar-refractivity contribution is 0.442. The summed E-state index contributed by atoms with van der Waals surface area (Å²) in [7, 11) is 0. The summed E-state index contributed by atoms with van der Waals surface area (Å²) in [6.07, 6.45) is 0.841. The number of aromatic hydroxyl groups is 1. The summed E-state index contributed by atoms with van der Waals surface area (Å²) in [6.45, 7) is 6.04. The molecule has 1 rings (SSSR count). The highest BCUT2D eigenvalue weighted by Gasteiger charge is 2.14. The summed E-state index contributed by atoms with van der Waals surface area (Å²) in [4.78, 5) is 0. The predicted octanol–water partition coefficient (Wildman–Crippen LogP) is 3.82. The van der Waals surface area contributed by atoms with E-state index in [-0.39, 0.29) is 24.2 Å². The van der Waals surface area contributed by atoms with Crippen molar-refractivity contribution < 1.29 is 5.11 Å². The SMILES string of the molecule is Cc1cc(Cl)cc([C@H](N)CC(C)C)c1O.Cl. The molecule has 16 heavy (non-hydrogen) atoms. The molecule has 0 bridgehead atoms. The van der Waals surface area contributed by atoms with Crippen LogP contribution in [0.3, 0.4) is 0 Å². The molecule has 92 valence electrons. The molecule has 0 fully saturated rings. The van der Waals surface area contributed by atoms with Gasteiger partial charge in [0.2, 0.25) is 0 Å². The minimum absolute atomic E-state index is 0. The van der Waals surface area contributed by atoms with Gasteiger partial charge in [0.1, 0.15) is 5.75 Å². The molecule has 0 radical (unpaired) electrons. The molecule has 3 N–H and O–H groups in total. The summed E-state index contributed by atoms with van der Waals surface area (Å²) in [6, 6.07) is 3.33. The van der Waals surface area contributed by atoms with E-state index in [2.05, 4.69) is 13.8 Å². The highest BCUT2D eigenvalue weighted by molar-refractivity contribution is 6.30. The number of aryl methyl sites for hydroxylation is 1. The van der Waals surface area contributed by atoms with Crippen LogP contribution < -0.4 is 5.73 Å². The van der Waals surface area contributed by atoms with Gasteiger partial charge in [-0.25, -0.2) is 0 Å². The van der Waals surface area contributed by atoms with E-state index < -0.39 is 0 Å². The minimum atomic E-state index is -0.151. The Morgan fingerprint density at radius 1 is 1.38 bits per heavy atom. The Hall–Kier alpha value is -0.440. The van der Waals surface area contributed by atoms with Crippen LogP contribution in [0.4, 0.5) is 0 Å². The minimum Gasteiger partial charge on any atom is -0.507 e. The third kappa shape index (κ3) is 3.85. The summed E-state index contributed by atoms with van der Waals surface area (Å²) in [5, 5.41) is 10.5. The van der Waals surface area contributed by atoms with Crippen molar-refractivity contribution in [3.63, 3.8) is 0 Å². The molecule has 0 aliphatic heterocycles. The quantitative estimate of drug-likeness (QED) is 0.871. The van der Waals surface area contributed by atoms with Crippen LogP contribution in [0.1, 0.15) is 37.4 Å². The Morgan fingerprint density at radius 3 is 2.44 bits per heavy atom. The van der Waals surface area contributed by atoms with Gasteiger partial charge in [0.25, 0.3) is 0 Å². The number of halogens is 2. The summed E-state index contributed by atoms with van der Waals surface area (Å²) in [5.41, 5.74) is 7.53. The first-order chi connectivity index (χ1) is 6.91. The average Bonchev–Trinajstić information content (AvgIpc) is 2.09. The van der Waals surface area contributed by atoms with Gasteiger partial charge >= 0.3 is 0 Å². The average molecular weight is 264 g/mol. The fraction of sp³-hybridized carbons (Fsp3) is 0.500. The van der Waals surface area contributed by atoms with Crippen LogP contribution in [0.5, 0.6) is 5.75 Å². The first-order valence-electron chi connectivity index (χ1n) is 5.16. The van der Waals surface area contributed by atoms with Crippen molar-refractivity contribution in [2.24, 2.45) is 11.7 Å². The molecular weight excluding hydrogens is 245 g/mol. The zero-order chi connectivity index (χ0) is 11.6. The second-order valence-electron chi connectivity index (χ2n) is 4.40. The highest BCUT2D eigenvalue weighted by atomic mass is 35.5. The standard InChI is InChI=1S/C12H18ClNO.ClH/c1-7(2)4-11(14)10-6-9(13)5-8(3)12(10)15;/h5-7,11,15H,4,14H2,1-3H3;1H/t11-;/m1./s1. The molecule has 1 aromatic rings. The number of hydrogen-bond donors (Lipinski definition) is 2. The molecule has 0 aromatic heterocycles. The topological polar surface area (TPSA) is 46.2 Å². The zero-order valence-corrected chi connectivity index (χ0v) is 11.4. The number of phenolic OH excluding ortho intramolecular Hbond substituents is 1. The first-order valence-corrected chi connectivity index (χ1v) is 5.54. The van der Waals surface area contributed by atoms with Crippen LogP contribution in [-0.4, -0.2) is 5.11 Å². The van der Waals surface area contributed by atoms with Crippen LogP contribution in [0.15, 0.2) is 12.1 Å². The Bertz CT molecular complexity index is 353. The van der Waals surface area contributed by atoms with Gasteiger partial charge in [-0.3, -0.25) is 0 Å². The van der Waals surface area contributed by atoms with Crippen molar-refractivity contribution in [1.29, 1.82) is 0 Å². The maximum atomic E-state index is 9.87. The third-order valence-electron chi connectivity index (χ3n) is 2.42. The number of rotatable bonds is 3. The zero-order valence-electron chi connectivity index (χ0n) is 9.83. The monoisotopic (exact) mass is 263 g/mol. The predicted molar refractivity (Wildman–Crippen MR) is 71.5 cm³/mol. The smallest absolute Gasteiger partial charge is 0.123 e. The van der Waals surface area contributed by atoms with E-state index in [9.17, 15) is 5.11 Å². The van der Waals surface area contributed by atoms with Gasteiger partial charge in [-0.15, -0.1) is 12.4 Å². The van der Waals surface area contributed by atoms with Gasteiger partial charge in [0.15, 0.2) is 0 Å². The van der Waals surface area contributed by atoms with E-state index in [0.717, 1.165) is 17.5 Å². The van der Waals surface area contributed by atoms with Gasteiger partial charge in [-0.05, 0) is 37.0 Å². The Morgan fingerprint density at radius 2 is 1.94 bits per heavy atom. The molecule has 0 amide bonds. The van der Waals surface area contributed by atoms with Gasteiger partial charge < -0.3 is 10.8 Å². The number of nitrogens with two attached hydrogens (primary N) is 1. The first kappa shape index (κ1) is 15.6. The van der Waals surface area contributed by atoms with Crippen LogP contribution >= 0.6 is 24.0 Å². The Labute approximate surface area is 108 Å². The molecule has 0 saturated heterocycles. The van der Waals surface area contributed by atoms with Crippen molar-refractivity contribution in [3.8, 4) is 5.75 Å². The second kappa shape index (κ2) is 6.33. The van der Waals surface area contributed by atoms with Crippen molar-refractivity contribution in [3.05, 3.63) is 28.3 Å². The molecule has 1 atom stereocenters. The van der Waals surface area contributed by atoms with E-state index in [1.807, 2.05) is 6.92 Å². The van der Waals surface area contributed by atoms with Gasteiger partial charge in [0.05, 0.1) is 0 Å².